The molecule has 0 aromatic heterocycles. The van der Waals surface area contributed by atoms with Gasteiger partial charge in [-0.1, -0.05) is 43.5 Å². The molecule has 2 amide bonds. The van der Waals surface area contributed by atoms with E-state index in [0.29, 0.717) is 34.4 Å². The number of rotatable bonds is 7. The van der Waals surface area contributed by atoms with Gasteiger partial charge in [0.25, 0.3) is 11.1 Å². The number of carbonyl (C=O) groups is 2. The second-order valence-corrected chi connectivity index (χ2v) is 9.26. The minimum absolute atomic E-state index is 0.195. The molecule has 0 radical (unpaired) electrons. The minimum atomic E-state index is -0.219. The molecule has 1 aliphatic heterocycles. The standard InChI is InChI=1S/C26H26N2O4S/c1-31-23-13-19(11-12-22(23)32-17-21-10-6-5-9-20(21)15-27)14-24-25(29)28(26(30)33-24)16-18-7-3-2-4-8-18/h5-6,9-14,18H,2-4,7-8,16-17H2,1H3/b24-14+. The van der Waals surface area contributed by atoms with Gasteiger partial charge in [-0.05, 0) is 60.4 Å². The number of carbonyl (C=O) groups excluding carboxylic acids is 2. The maximum Gasteiger partial charge on any atom is 0.293 e. The highest BCUT2D eigenvalue weighted by molar-refractivity contribution is 8.18. The highest BCUT2D eigenvalue weighted by atomic mass is 32.2. The largest absolute Gasteiger partial charge is 0.493 e. The summed E-state index contributed by atoms with van der Waals surface area (Å²) in [6, 6.07) is 14.8. The first kappa shape index (κ1) is 22.9. The quantitative estimate of drug-likeness (QED) is 0.487. The topological polar surface area (TPSA) is 79.6 Å². The summed E-state index contributed by atoms with van der Waals surface area (Å²) < 4.78 is 11.4. The lowest BCUT2D eigenvalue weighted by atomic mass is 9.89. The Balaban J connectivity index is 1.46. The minimum Gasteiger partial charge on any atom is -0.493 e. The van der Waals surface area contributed by atoms with Gasteiger partial charge in [0, 0.05) is 12.1 Å². The zero-order chi connectivity index (χ0) is 23.2. The van der Waals surface area contributed by atoms with Crippen LogP contribution in [0.1, 0.15) is 48.8 Å². The third-order valence-electron chi connectivity index (χ3n) is 6.05. The monoisotopic (exact) mass is 462 g/mol. The SMILES string of the molecule is COc1cc(/C=C2/SC(=O)N(CC3CCCCC3)C2=O)ccc1OCc1ccccc1C#N. The number of amides is 2. The van der Waals surface area contributed by atoms with Gasteiger partial charge in [-0.2, -0.15) is 5.26 Å². The van der Waals surface area contributed by atoms with Crippen molar-refractivity contribution < 1.29 is 19.1 Å². The predicted molar refractivity (Wildman–Crippen MR) is 128 cm³/mol. The van der Waals surface area contributed by atoms with E-state index in [0.717, 1.165) is 35.7 Å². The summed E-state index contributed by atoms with van der Waals surface area (Å²) in [6.07, 6.45) is 7.48. The van der Waals surface area contributed by atoms with Crippen molar-refractivity contribution in [3.63, 3.8) is 0 Å². The van der Waals surface area contributed by atoms with Crippen molar-refractivity contribution in [2.24, 2.45) is 5.92 Å². The number of nitrogens with zero attached hydrogens (tertiary/aromatic N) is 2. The first-order valence-electron chi connectivity index (χ1n) is 11.1. The van der Waals surface area contributed by atoms with Crippen molar-refractivity contribution in [1.29, 1.82) is 5.26 Å². The van der Waals surface area contributed by atoms with E-state index in [4.69, 9.17) is 9.47 Å². The lowest BCUT2D eigenvalue weighted by molar-refractivity contribution is -0.123. The van der Waals surface area contributed by atoms with Crippen LogP contribution in [0, 0.1) is 17.2 Å². The molecule has 0 unspecified atom stereocenters. The molecule has 0 spiro atoms. The van der Waals surface area contributed by atoms with Gasteiger partial charge in [-0.3, -0.25) is 14.5 Å². The molecule has 1 heterocycles. The Morgan fingerprint density at radius 1 is 1.12 bits per heavy atom. The summed E-state index contributed by atoms with van der Waals surface area (Å²) >= 11 is 0.990. The molecule has 2 aliphatic rings. The van der Waals surface area contributed by atoms with Crippen LogP contribution in [0.15, 0.2) is 47.4 Å². The number of nitriles is 1. The molecule has 2 fully saturated rings. The van der Waals surface area contributed by atoms with Crippen LogP contribution in [-0.2, 0) is 11.4 Å². The van der Waals surface area contributed by atoms with Crippen LogP contribution in [0.2, 0.25) is 0 Å². The summed E-state index contributed by atoms with van der Waals surface area (Å²) in [7, 11) is 1.55. The Bertz CT molecular complexity index is 1120. The molecule has 170 valence electrons. The molecule has 33 heavy (non-hydrogen) atoms. The van der Waals surface area contributed by atoms with Crippen LogP contribution >= 0.6 is 11.8 Å². The van der Waals surface area contributed by atoms with E-state index in [1.54, 1.807) is 31.4 Å². The molecule has 2 aromatic carbocycles. The van der Waals surface area contributed by atoms with Crippen LogP contribution in [0.25, 0.3) is 6.08 Å². The van der Waals surface area contributed by atoms with Crippen molar-refractivity contribution >= 4 is 29.0 Å². The third kappa shape index (κ3) is 5.40. The van der Waals surface area contributed by atoms with Crippen molar-refractivity contribution in [3.05, 3.63) is 64.1 Å². The number of methoxy groups -OCH3 is 1. The van der Waals surface area contributed by atoms with Gasteiger partial charge < -0.3 is 9.47 Å². The summed E-state index contributed by atoms with van der Waals surface area (Å²) in [4.78, 5) is 27.2. The second kappa shape index (κ2) is 10.6. The van der Waals surface area contributed by atoms with Crippen molar-refractivity contribution in [2.45, 2.75) is 38.7 Å². The highest BCUT2D eigenvalue weighted by Gasteiger charge is 2.36. The molecule has 1 aliphatic carbocycles. The van der Waals surface area contributed by atoms with Gasteiger partial charge >= 0.3 is 0 Å². The highest BCUT2D eigenvalue weighted by Crippen LogP contribution is 2.36. The second-order valence-electron chi connectivity index (χ2n) is 8.26. The number of hydrogen-bond donors (Lipinski definition) is 0. The zero-order valence-corrected chi connectivity index (χ0v) is 19.4. The predicted octanol–water partition coefficient (Wildman–Crippen LogP) is 5.76. The van der Waals surface area contributed by atoms with E-state index in [9.17, 15) is 14.9 Å². The average molecular weight is 463 g/mol. The lowest BCUT2D eigenvalue weighted by Crippen LogP contribution is -2.34. The van der Waals surface area contributed by atoms with E-state index in [1.165, 1.54) is 24.2 Å². The first-order chi connectivity index (χ1) is 16.1. The number of thioether (sulfide) groups is 1. The fourth-order valence-corrected chi connectivity index (χ4v) is 5.09. The molecule has 6 nitrogen and oxygen atoms in total. The van der Waals surface area contributed by atoms with Crippen LogP contribution < -0.4 is 9.47 Å². The maximum absolute atomic E-state index is 12.9. The van der Waals surface area contributed by atoms with Crippen LogP contribution in [0.5, 0.6) is 11.5 Å². The fraction of sp³-hybridized carbons (Fsp3) is 0.346. The molecule has 1 saturated carbocycles. The third-order valence-corrected chi connectivity index (χ3v) is 6.95. The Morgan fingerprint density at radius 2 is 1.91 bits per heavy atom. The molecule has 7 heteroatoms. The fourth-order valence-electron chi connectivity index (χ4n) is 4.24. The van der Waals surface area contributed by atoms with E-state index >= 15 is 0 Å². The molecule has 1 saturated heterocycles. The number of benzene rings is 2. The van der Waals surface area contributed by atoms with Crippen LogP contribution in [0.4, 0.5) is 4.79 Å². The van der Waals surface area contributed by atoms with Crippen LogP contribution in [-0.4, -0.2) is 29.7 Å². The Hall–Kier alpha value is -3.24. The molecule has 0 atom stereocenters. The molecular formula is C26H26N2O4S. The molecular weight excluding hydrogens is 436 g/mol. The molecule has 4 rings (SSSR count). The smallest absolute Gasteiger partial charge is 0.293 e. The molecule has 0 N–H and O–H groups in total. The summed E-state index contributed by atoms with van der Waals surface area (Å²) in [5.41, 5.74) is 2.11. The van der Waals surface area contributed by atoms with Crippen LogP contribution in [0.3, 0.4) is 0 Å². The van der Waals surface area contributed by atoms with E-state index in [-0.39, 0.29) is 17.8 Å². The van der Waals surface area contributed by atoms with Crippen molar-refractivity contribution in [1.82, 2.24) is 4.90 Å². The summed E-state index contributed by atoms with van der Waals surface area (Å²) in [6.45, 7) is 0.752. The van der Waals surface area contributed by atoms with E-state index < -0.39 is 0 Å². The molecule has 2 aromatic rings. The van der Waals surface area contributed by atoms with Gasteiger partial charge in [-0.15, -0.1) is 0 Å². The lowest BCUT2D eigenvalue weighted by Gasteiger charge is -2.25. The Morgan fingerprint density at radius 3 is 2.67 bits per heavy atom. The van der Waals surface area contributed by atoms with Gasteiger partial charge in [0.15, 0.2) is 11.5 Å². The summed E-state index contributed by atoms with van der Waals surface area (Å²) in [5.74, 6) is 1.24. The zero-order valence-electron chi connectivity index (χ0n) is 18.6. The summed E-state index contributed by atoms with van der Waals surface area (Å²) in [5, 5.41) is 9.05. The number of ether oxygens (including phenoxy) is 2. The van der Waals surface area contributed by atoms with E-state index in [2.05, 4.69) is 6.07 Å². The molecule has 0 bridgehead atoms. The van der Waals surface area contributed by atoms with Crippen molar-refractivity contribution in [2.75, 3.05) is 13.7 Å². The van der Waals surface area contributed by atoms with Gasteiger partial charge in [0.05, 0.1) is 23.6 Å². The Labute approximate surface area is 198 Å². The number of imide groups is 1. The first-order valence-corrected chi connectivity index (χ1v) is 11.9. The normalized spacial score (nSPS) is 17.9. The van der Waals surface area contributed by atoms with E-state index in [1.807, 2.05) is 24.3 Å². The van der Waals surface area contributed by atoms with Crippen molar-refractivity contribution in [3.8, 4) is 17.6 Å². The Kier molecular flexibility index (Phi) is 7.36. The maximum atomic E-state index is 12.9. The van der Waals surface area contributed by atoms with Gasteiger partial charge in [-0.25, -0.2) is 0 Å². The average Bonchev–Trinajstić information content (AvgIpc) is 3.11. The number of hydrogen-bond acceptors (Lipinski definition) is 6. The van der Waals surface area contributed by atoms with Gasteiger partial charge in [0.1, 0.15) is 6.61 Å². The van der Waals surface area contributed by atoms with Gasteiger partial charge in [0.2, 0.25) is 0 Å².